The Hall–Kier alpha value is -3.65. The van der Waals surface area contributed by atoms with Gasteiger partial charge in [0.1, 0.15) is 11.6 Å². The van der Waals surface area contributed by atoms with Crippen LogP contribution < -0.4 is 5.56 Å². The van der Waals surface area contributed by atoms with Crippen LogP contribution in [0.1, 0.15) is 16.8 Å². The summed E-state index contributed by atoms with van der Waals surface area (Å²) in [6.45, 7) is 1.82. The lowest BCUT2D eigenvalue weighted by molar-refractivity contribution is 0.241. The van der Waals surface area contributed by atoms with Gasteiger partial charge in [0.25, 0.3) is 5.56 Å². The zero-order chi connectivity index (χ0) is 21.4. The molecule has 5 rings (SSSR count). The number of rotatable bonds is 4. The van der Waals surface area contributed by atoms with Crippen LogP contribution in [0.4, 0.5) is 8.78 Å². The SMILES string of the molecule is O=c1[nH]c(-c2ccco2)nc2c1CN(Cc1ccc(-c3ccc(F)cc3F)nc1)CC2. The second kappa shape index (κ2) is 7.88. The maximum Gasteiger partial charge on any atom is 0.256 e. The summed E-state index contributed by atoms with van der Waals surface area (Å²) in [5.41, 5.74) is 2.90. The highest BCUT2D eigenvalue weighted by Crippen LogP contribution is 2.23. The molecule has 6 nitrogen and oxygen atoms in total. The minimum absolute atomic E-state index is 0.165. The number of aromatic amines is 1. The van der Waals surface area contributed by atoms with Crippen molar-refractivity contribution in [3.05, 3.63) is 93.7 Å². The van der Waals surface area contributed by atoms with E-state index in [9.17, 15) is 13.6 Å². The Morgan fingerprint density at radius 1 is 1.16 bits per heavy atom. The highest BCUT2D eigenvalue weighted by Gasteiger charge is 2.22. The molecule has 0 atom stereocenters. The van der Waals surface area contributed by atoms with E-state index in [1.165, 1.54) is 12.1 Å². The molecule has 0 unspecified atom stereocenters. The first-order valence-corrected chi connectivity index (χ1v) is 9.85. The van der Waals surface area contributed by atoms with Crippen molar-refractivity contribution in [1.29, 1.82) is 0 Å². The monoisotopic (exact) mass is 420 g/mol. The van der Waals surface area contributed by atoms with Gasteiger partial charge in [0.05, 0.1) is 23.2 Å². The fourth-order valence-corrected chi connectivity index (χ4v) is 3.78. The van der Waals surface area contributed by atoms with Crippen molar-refractivity contribution >= 4 is 0 Å². The summed E-state index contributed by atoms with van der Waals surface area (Å²) < 4.78 is 32.4. The first kappa shape index (κ1) is 19.3. The highest BCUT2D eigenvalue weighted by molar-refractivity contribution is 5.59. The number of nitrogens with one attached hydrogen (secondary N) is 1. The summed E-state index contributed by atoms with van der Waals surface area (Å²) in [5.74, 6) is -0.293. The molecule has 0 bridgehead atoms. The molecule has 4 heterocycles. The number of fused-ring (bicyclic) bond motifs is 1. The number of aromatic nitrogens is 3. The van der Waals surface area contributed by atoms with Crippen molar-refractivity contribution in [1.82, 2.24) is 19.9 Å². The van der Waals surface area contributed by atoms with Gasteiger partial charge in [0, 0.05) is 43.9 Å². The molecular formula is C23H18F2N4O2. The van der Waals surface area contributed by atoms with E-state index in [2.05, 4.69) is 19.9 Å². The van der Waals surface area contributed by atoms with E-state index in [0.29, 0.717) is 42.4 Å². The maximum atomic E-state index is 14.0. The van der Waals surface area contributed by atoms with Gasteiger partial charge in [0.15, 0.2) is 11.6 Å². The number of H-pyrrole nitrogens is 1. The average Bonchev–Trinajstić information content (AvgIpc) is 3.30. The Bertz CT molecular complexity index is 1280. The smallest absolute Gasteiger partial charge is 0.256 e. The molecule has 1 aromatic carbocycles. The second-order valence-electron chi connectivity index (χ2n) is 7.45. The summed E-state index contributed by atoms with van der Waals surface area (Å²) in [7, 11) is 0. The Kier molecular flexibility index (Phi) is 4.91. The van der Waals surface area contributed by atoms with Gasteiger partial charge in [-0.05, 0) is 35.9 Å². The van der Waals surface area contributed by atoms with Crippen LogP contribution in [0.15, 0.2) is 64.1 Å². The van der Waals surface area contributed by atoms with Crippen LogP contribution in [-0.2, 0) is 19.5 Å². The lowest BCUT2D eigenvalue weighted by Crippen LogP contribution is -2.35. The van der Waals surface area contributed by atoms with Crippen LogP contribution in [-0.4, -0.2) is 26.4 Å². The summed E-state index contributed by atoms with van der Waals surface area (Å²) in [4.78, 5) is 26.4. The number of furan rings is 1. The Balaban J connectivity index is 1.32. The normalized spacial score (nSPS) is 13.9. The number of hydrogen-bond donors (Lipinski definition) is 1. The van der Waals surface area contributed by atoms with Crippen molar-refractivity contribution < 1.29 is 13.2 Å². The van der Waals surface area contributed by atoms with Crippen LogP contribution in [0, 0.1) is 11.6 Å². The molecule has 0 saturated heterocycles. The standard InChI is InChI=1S/C23H18F2N4O2/c24-15-4-5-16(18(25)10-15)19-6-3-14(11-26-19)12-29-8-7-20-17(13-29)23(30)28-22(27-20)21-2-1-9-31-21/h1-6,9-11H,7-8,12-13H2,(H,27,28,30). The Labute approximate surface area is 176 Å². The van der Waals surface area contributed by atoms with E-state index in [4.69, 9.17) is 4.42 Å². The molecule has 8 heteroatoms. The van der Waals surface area contributed by atoms with Crippen molar-refractivity contribution in [2.45, 2.75) is 19.5 Å². The predicted molar refractivity (Wildman–Crippen MR) is 110 cm³/mol. The molecular weight excluding hydrogens is 402 g/mol. The van der Waals surface area contributed by atoms with Crippen LogP contribution in [0.3, 0.4) is 0 Å². The maximum absolute atomic E-state index is 14.0. The highest BCUT2D eigenvalue weighted by atomic mass is 19.1. The van der Waals surface area contributed by atoms with E-state index in [1.54, 1.807) is 30.7 Å². The number of hydrogen-bond acceptors (Lipinski definition) is 5. The van der Waals surface area contributed by atoms with Gasteiger partial charge in [-0.3, -0.25) is 14.7 Å². The van der Waals surface area contributed by atoms with Gasteiger partial charge >= 0.3 is 0 Å². The fourth-order valence-electron chi connectivity index (χ4n) is 3.78. The minimum atomic E-state index is -0.645. The first-order valence-electron chi connectivity index (χ1n) is 9.85. The number of pyridine rings is 1. The van der Waals surface area contributed by atoms with Crippen LogP contribution in [0.5, 0.6) is 0 Å². The zero-order valence-corrected chi connectivity index (χ0v) is 16.4. The predicted octanol–water partition coefficient (Wildman–Crippen LogP) is 3.93. The van der Waals surface area contributed by atoms with Gasteiger partial charge in [-0.2, -0.15) is 0 Å². The fraction of sp³-hybridized carbons (Fsp3) is 0.174. The summed E-state index contributed by atoms with van der Waals surface area (Å²) in [5, 5.41) is 0. The van der Waals surface area contributed by atoms with E-state index in [1.807, 2.05) is 6.07 Å². The quantitative estimate of drug-likeness (QED) is 0.542. The average molecular weight is 420 g/mol. The molecule has 156 valence electrons. The second-order valence-corrected chi connectivity index (χ2v) is 7.45. The largest absolute Gasteiger partial charge is 0.461 e. The molecule has 1 aliphatic rings. The number of benzene rings is 1. The lowest BCUT2D eigenvalue weighted by atomic mass is 10.1. The Morgan fingerprint density at radius 3 is 2.81 bits per heavy atom. The third-order valence-electron chi connectivity index (χ3n) is 5.34. The third kappa shape index (κ3) is 3.89. The lowest BCUT2D eigenvalue weighted by Gasteiger charge is -2.27. The van der Waals surface area contributed by atoms with Crippen LogP contribution >= 0.6 is 0 Å². The van der Waals surface area contributed by atoms with Crippen molar-refractivity contribution in [2.24, 2.45) is 0 Å². The summed E-state index contributed by atoms with van der Waals surface area (Å²) in [6.07, 6.45) is 3.87. The van der Waals surface area contributed by atoms with E-state index in [-0.39, 0.29) is 11.1 Å². The van der Waals surface area contributed by atoms with E-state index in [0.717, 1.165) is 23.9 Å². The number of nitrogens with zero attached hydrogens (tertiary/aromatic N) is 3. The minimum Gasteiger partial charge on any atom is -0.461 e. The molecule has 1 aliphatic heterocycles. The zero-order valence-electron chi connectivity index (χ0n) is 16.4. The first-order chi connectivity index (χ1) is 15.1. The molecule has 3 aromatic heterocycles. The van der Waals surface area contributed by atoms with Crippen molar-refractivity contribution in [2.75, 3.05) is 6.54 Å². The third-order valence-corrected chi connectivity index (χ3v) is 5.34. The summed E-state index contributed by atoms with van der Waals surface area (Å²) in [6, 6.07) is 10.5. The van der Waals surface area contributed by atoms with E-state index < -0.39 is 11.6 Å². The molecule has 1 N–H and O–H groups in total. The van der Waals surface area contributed by atoms with Gasteiger partial charge in [-0.1, -0.05) is 6.07 Å². The van der Waals surface area contributed by atoms with Gasteiger partial charge in [-0.15, -0.1) is 0 Å². The topological polar surface area (TPSA) is 75.0 Å². The molecule has 4 aromatic rings. The van der Waals surface area contributed by atoms with Gasteiger partial charge in [-0.25, -0.2) is 13.8 Å². The molecule has 0 amide bonds. The van der Waals surface area contributed by atoms with Crippen LogP contribution in [0.25, 0.3) is 22.8 Å². The molecule has 31 heavy (non-hydrogen) atoms. The van der Waals surface area contributed by atoms with E-state index >= 15 is 0 Å². The van der Waals surface area contributed by atoms with Gasteiger partial charge in [0.2, 0.25) is 0 Å². The molecule has 0 spiro atoms. The molecule has 0 fully saturated rings. The number of halogens is 2. The molecule has 0 radical (unpaired) electrons. The summed E-state index contributed by atoms with van der Waals surface area (Å²) >= 11 is 0. The Morgan fingerprint density at radius 2 is 2.06 bits per heavy atom. The molecule has 0 aliphatic carbocycles. The van der Waals surface area contributed by atoms with Crippen molar-refractivity contribution in [3.63, 3.8) is 0 Å². The van der Waals surface area contributed by atoms with Crippen molar-refractivity contribution in [3.8, 4) is 22.8 Å². The van der Waals surface area contributed by atoms with Gasteiger partial charge < -0.3 is 9.40 Å². The molecule has 0 saturated carbocycles. The van der Waals surface area contributed by atoms with Crippen LogP contribution in [0.2, 0.25) is 0 Å².